The lowest BCUT2D eigenvalue weighted by Gasteiger charge is -2.20. The van der Waals surface area contributed by atoms with Crippen LogP contribution in [0.5, 0.6) is 5.75 Å². The minimum atomic E-state index is -0.603. The quantitative estimate of drug-likeness (QED) is 0.488. The highest BCUT2D eigenvalue weighted by Gasteiger charge is 2.22. The van der Waals surface area contributed by atoms with Crippen molar-refractivity contribution >= 4 is 22.7 Å². The lowest BCUT2D eigenvalue weighted by molar-refractivity contribution is 0.0705. The number of hydrogen-bond acceptors (Lipinski definition) is 4. The molecule has 3 aromatic rings. The van der Waals surface area contributed by atoms with Crippen LogP contribution in [0.4, 0.5) is 0 Å². The van der Waals surface area contributed by atoms with Gasteiger partial charge in [0.25, 0.3) is 11.8 Å². The molecule has 26 heavy (non-hydrogen) atoms. The molecule has 0 atom stereocenters. The summed E-state index contributed by atoms with van der Waals surface area (Å²) in [4.78, 5) is 29.3. The van der Waals surface area contributed by atoms with Gasteiger partial charge in [-0.2, -0.15) is 0 Å². The molecule has 2 aromatic carbocycles. The van der Waals surface area contributed by atoms with Gasteiger partial charge >= 0.3 is 0 Å². The molecule has 0 fully saturated rings. The number of benzene rings is 2. The SMILES string of the molecule is O=C(NO)c1ccc2c(c1)OCCN(C(=O)c1ccc3[nH]ccc3c1)C2. The summed E-state index contributed by atoms with van der Waals surface area (Å²) in [5, 5.41) is 9.74. The van der Waals surface area contributed by atoms with E-state index in [1.54, 1.807) is 28.6 Å². The van der Waals surface area contributed by atoms with Crippen molar-refractivity contribution in [2.24, 2.45) is 0 Å². The number of fused-ring (bicyclic) bond motifs is 2. The Bertz CT molecular complexity index is 995. The Labute approximate surface area is 149 Å². The molecule has 0 bridgehead atoms. The first-order chi connectivity index (χ1) is 12.7. The summed E-state index contributed by atoms with van der Waals surface area (Å²) in [6.07, 6.45) is 1.84. The average Bonchev–Trinajstić information content (AvgIpc) is 3.04. The van der Waals surface area contributed by atoms with Crippen molar-refractivity contribution in [1.82, 2.24) is 15.4 Å². The van der Waals surface area contributed by atoms with E-state index in [2.05, 4.69) is 4.98 Å². The van der Waals surface area contributed by atoms with E-state index in [-0.39, 0.29) is 5.91 Å². The number of hydrogen-bond donors (Lipinski definition) is 3. The maximum Gasteiger partial charge on any atom is 0.274 e. The molecule has 2 amide bonds. The molecule has 7 heteroatoms. The van der Waals surface area contributed by atoms with E-state index in [1.165, 1.54) is 0 Å². The number of nitrogens with zero attached hydrogens (tertiary/aromatic N) is 1. The van der Waals surface area contributed by atoms with Crippen LogP contribution in [0.15, 0.2) is 48.7 Å². The van der Waals surface area contributed by atoms with Crippen molar-refractivity contribution in [3.05, 3.63) is 65.4 Å². The van der Waals surface area contributed by atoms with Gasteiger partial charge < -0.3 is 14.6 Å². The van der Waals surface area contributed by atoms with Crippen LogP contribution in [0, 0.1) is 0 Å². The maximum atomic E-state index is 12.9. The minimum absolute atomic E-state index is 0.0678. The highest BCUT2D eigenvalue weighted by atomic mass is 16.5. The molecule has 1 aliphatic heterocycles. The molecule has 0 unspecified atom stereocenters. The Morgan fingerprint density at radius 2 is 1.96 bits per heavy atom. The maximum absolute atomic E-state index is 12.9. The third kappa shape index (κ3) is 2.89. The number of H-pyrrole nitrogens is 1. The monoisotopic (exact) mass is 351 g/mol. The lowest BCUT2D eigenvalue weighted by Crippen LogP contribution is -2.32. The Morgan fingerprint density at radius 3 is 2.81 bits per heavy atom. The first kappa shape index (κ1) is 16.2. The molecule has 0 saturated heterocycles. The van der Waals surface area contributed by atoms with Crippen LogP contribution in [-0.4, -0.2) is 40.1 Å². The number of carbonyl (C=O) groups excluding carboxylic acids is 2. The van der Waals surface area contributed by atoms with E-state index in [0.717, 1.165) is 16.5 Å². The summed E-state index contributed by atoms with van der Waals surface area (Å²) in [5.41, 5.74) is 4.32. The molecule has 0 aliphatic carbocycles. The van der Waals surface area contributed by atoms with E-state index >= 15 is 0 Å². The fourth-order valence-electron chi connectivity index (χ4n) is 3.12. The zero-order valence-corrected chi connectivity index (χ0v) is 13.9. The van der Waals surface area contributed by atoms with Gasteiger partial charge in [0, 0.05) is 40.3 Å². The summed E-state index contributed by atoms with van der Waals surface area (Å²) in [6.45, 7) is 1.16. The Kier molecular flexibility index (Phi) is 4.06. The van der Waals surface area contributed by atoms with E-state index in [0.29, 0.717) is 36.6 Å². The minimum Gasteiger partial charge on any atom is -0.491 e. The molecule has 0 spiro atoms. The number of aromatic amines is 1. The van der Waals surface area contributed by atoms with E-state index in [1.807, 2.05) is 30.5 Å². The van der Waals surface area contributed by atoms with Crippen LogP contribution in [0.3, 0.4) is 0 Å². The molecule has 1 aliphatic rings. The Morgan fingerprint density at radius 1 is 1.12 bits per heavy atom. The van der Waals surface area contributed by atoms with Crippen molar-refractivity contribution in [1.29, 1.82) is 0 Å². The predicted molar refractivity (Wildman–Crippen MR) is 94.2 cm³/mol. The second-order valence-corrected chi connectivity index (χ2v) is 6.12. The molecular weight excluding hydrogens is 334 g/mol. The second kappa shape index (κ2) is 6.53. The summed E-state index contributed by atoms with van der Waals surface area (Å²) in [6, 6.07) is 12.4. The number of aromatic nitrogens is 1. The van der Waals surface area contributed by atoms with Gasteiger partial charge in [-0.3, -0.25) is 14.8 Å². The third-order valence-electron chi connectivity index (χ3n) is 4.50. The first-order valence-electron chi connectivity index (χ1n) is 8.22. The molecule has 3 N–H and O–H groups in total. The van der Waals surface area contributed by atoms with Crippen LogP contribution >= 0.6 is 0 Å². The second-order valence-electron chi connectivity index (χ2n) is 6.12. The standard InChI is InChI=1S/C19H17N3O4/c23-18(21-25)13-1-2-15-11-22(7-8-26-17(15)10-13)19(24)14-3-4-16-12(9-14)5-6-20-16/h1-6,9-10,20,25H,7-8,11H2,(H,21,23). The van der Waals surface area contributed by atoms with Gasteiger partial charge in [-0.05, 0) is 36.4 Å². The molecule has 2 heterocycles. The number of ether oxygens (including phenoxy) is 1. The molecule has 7 nitrogen and oxygen atoms in total. The normalized spacial score (nSPS) is 13.7. The van der Waals surface area contributed by atoms with Crippen LogP contribution in [0.2, 0.25) is 0 Å². The fraction of sp³-hybridized carbons (Fsp3) is 0.158. The first-order valence-corrected chi connectivity index (χ1v) is 8.22. The zero-order chi connectivity index (χ0) is 18.1. The van der Waals surface area contributed by atoms with Crippen molar-refractivity contribution in [3.63, 3.8) is 0 Å². The summed E-state index contributed by atoms with van der Waals surface area (Å²) >= 11 is 0. The smallest absolute Gasteiger partial charge is 0.274 e. The Balaban J connectivity index is 1.60. The predicted octanol–water partition coefficient (Wildman–Crippen LogP) is 2.32. The van der Waals surface area contributed by atoms with Gasteiger partial charge in [-0.1, -0.05) is 6.07 Å². The third-order valence-corrected chi connectivity index (χ3v) is 4.50. The molecule has 4 rings (SSSR count). The number of carbonyl (C=O) groups is 2. The van der Waals surface area contributed by atoms with E-state index in [4.69, 9.17) is 9.94 Å². The van der Waals surface area contributed by atoms with E-state index < -0.39 is 5.91 Å². The Hall–Kier alpha value is -3.32. The zero-order valence-electron chi connectivity index (χ0n) is 13.9. The molecule has 0 saturated carbocycles. The van der Waals surface area contributed by atoms with Gasteiger partial charge in [-0.15, -0.1) is 0 Å². The summed E-state index contributed by atoms with van der Waals surface area (Å²) in [5.74, 6) is -0.127. The van der Waals surface area contributed by atoms with Gasteiger partial charge in [0.15, 0.2) is 0 Å². The molecule has 0 radical (unpaired) electrons. The lowest BCUT2D eigenvalue weighted by atomic mass is 10.1. The van der Waals surface area contributed by atoms with Crippen molar-refractivity contribution in [2.45, 2.75) is 6.54 Å². The van der Waals surface area contributed by atoms with Gasteiger partial charge in [-0.25, -0.2) is 5.48 Å². The number of rotatable bonds is 2. The molecular formula is C19H17N3O4. The molecule has 132 valence electrons. The van der Waals surface area contributed by atoms with Crippen molar-refractivity contribution in [3.8, 4) is 5.75 Å². The molecule has 1 aromatic heterocycles. The van der Waals surface area contributed by atoms with E-state index in [9.17, 15) is 9.59 Å². The summed E-state index contributed by atoms with van der Waals surface area (Å²) in [7, 11) is 0. The van der Waals surface area contributed by atoms with Crippen molar-refractivity contribution in [2.75, 3.05) is 13.2 Å². The number of hydroxylamine groups is 1. The topological polar surface area (TPSA) is 94.7 Å². The van der Waals surface area contributed by atoms with Crippen molar-refractivity contribution < 1.29 is 19.5 Å². The number of nitrogens with one attached hydrogen (secondary N) is 2. The van der Waals surface area contributed by atoms with Gasteiger partial charge in [0.05, 0.1) is 6.54 Å². The van der Waals surface area contributed by atoms with Crippen LogP contribution in [0.1, 0.15) is 26.3 Å². The van der Waals surface area contributed by atoms with Crippen LogP contribution in [0.25, 0.3) is 10.9 Å². The van der Waals surface area contributed by atoms with Crippen LogP contribution in [-0.2, 0) is 6.54 Å². The largest absolute Gasteiger partial charge is 0.491 e. The summed E-state index contributed by atoms with van der Waals surface area (Å²) < 4.78 is 5.70. The average molecular weight is 351 g/mol. The van der Waals surface area contributed by atoms with Gasteiger partial charge in [0.2, 0.25) is 0 Å². The van der Waals surface area contributed by atoms with Crippen LogP contribution < -0.4 is 10.2 Å². The highest BCUT2D eigenvalue weighted by molar-refractivity contribution is 5.98. The highest BCUT2D eigenvalue weighted by Crippen LogP contribution is 2.26. The number of amides is 2. The van der Waals surface area contributed by atoms with Gasteiger partial charge in [0.1, 0.15) is 12.4 Å². The fourth-order valence-corrected chi connectivity index (χ4v) is 3.12.